The number of anilines is 1. The highest BCUT2D eigenvalue weighted by Gasteiger charge is 2.32. The molecule has 1 fully saturated rings. The van der Waals surface area contributed by atoms with E-state index in [0.29, 0.717) is 35.1 Å². The predicted octanol–water partition coefficient (Wildman–Crippen LogP) is 2.90. The largest absolute Gasteiger partial charge is 0.378 e. The second kappa shape index (κ2) is 5.88. The van der Waals surface area contributed by atoms with Crippen molar-refractivity contribution in [3.63, 3.8) is 0 Å². The molecule has 1 aliphatic carbocycles. The van der Waals surface area contributed by atoms with Crippen LogP contribution in [0.4, 0.5) is 11.4 Å². The average Bonchev–Trinajstić information content (AvgIpc) is 3.31. The van der Waals surface area contributed by atoms with E-state index in [0.717, 1.165) is 0 Å². The molecule has 1 unspecified atom stereocenters. The van der Waals surface area contributed by atoms with Gasteiger partial charge < -0.3 is 10.2 Å². The molecule has 6 nitrogen and oxygen atoms in total. The first-order valence-corrected chi connectivity index (χ1v) is 7.50. The fourth-order valence-corrected chi connectivity index (χ4v) is 2.94. The van der Waals surface area contributed by atoms with Gasteiger partial charge in [0.15, 0.2) is 0 Å². The minimum absolute atomic E-state index is 0.110. The molecule has 0 spiro atoms. The van der Waals surface area contributed by atoms with Crippen LogP contribution in [0, 0.1) is 16.0 Å². The summed E-state index contributed by atoms with van der Waals surface area (Å²) in [6.07, 6.45) is 4.14. The molecule has 1 atom stereocenters. The Bertz CT molecular complexity index is 696. The first-order chi connectivity index (χ1) is 10.6. The summed E-state index contributed by atoms with van der Waals surface area (Å²) in [6.45, 7) is 0.713. The molecule has 1 saturated carbocycles. The third kappa shape index (κ3) is 2.87. The maximum atomic E-state index is 11.5. The van der Waals surface area contributed by atoms with Crippen LogP contribution in [0.1, 0.15) is 12.8 Å². The number of pyridine rings is 1. The summed E-state index contributed by atoms with van der Waals surface area (Å²) in [5.74, 6) is 0.698. The molecule has 1 aliphatic rings. The van der Waals surface area contributed by atoms with Crippen LogP contribution in [0.15, 0.2) is 30.5 Å². The van der Waals surface area contributed by atoms with Crippen LogP contribution in [0.5, 0.6) is 0 Å². The minimum atomic E-state index is -0.325. The van der Waals surface area contributed by atoms with Crippen LogP contribution in [-0.2, 0) is 0 Å². The van der Waals surface area contributed by atoms with Crippen molar-refractivity contribution in [1.82, 2.24) is 9.88 Å². The van der Waals surface area contributed by atoms with Gasteiger partial charge in [-0.25, -0.2) is 0 Å². The second-order valence-electron chi connectivity index (χ2n) is 6.04. The smallest absolute Gasteiger partial charge is 0.301 e. The molecule has 1 heterocycles. The molecule has 1 N–H and O–H groups in total. The van der Waals surface area contributed by atoms with Gasteiger partial charge in [-0.1, -0.05) is 0 Å². The zero-order chi connectivity index (χ0) is 15.7. The lowest BCUT2D eigenvalue weighted by Gasteiger charge is -2.24. The van der Waals surface area contributed by atoms with Crippen molar-refractivity contribution < 1.29 is 4.92 Å². The molecule has 6 heteroatoms. The number of hydrogen-bond donors (Lipinski definition) is 1. The number of nitro benzene ring substituents is 1. The summed E-state index contributed by atoms with van der Waals surface area (Å²) in [7, 11) is 4.12. The topological polar surface area (TPSA) is 71.3 Å². The van der Waals surface area contributed by atoms with E-state index in [1.54, 1.807) is 24.4 Å². The van der Waals surface area contributed by atoms with E-state index in [4.69, 9.17) is 0 Å². The van der Waals surface area contributed by atoms with Gasteiger partial charge in [-0.3, -0.25) is 15.1 Å². The molecule has 0 bridgehead atoms. The van der Waals surface area contributed by atoms with E-state index in [2.05, 4.69) is 29.3 Å². The normalized spacial score (nSPS) is 16.0. The van der Waals surface area contributed by atoms with Crippen LogP contribution in [-0.4, -0.2) is 41.5 Å². The van der Waals surface area contributed by atoms with Crippen molar-refractivity contribution in [3.05, 3.63) is 40.6 Å². The van der Waals surface area contributed by atoms with Gasteiger partial charge in [0, 0.05) is 18.8 Å². The Morgan fingerprint density at radius 1 is 1.41 bits per heavy atom. The number of rotatable bonds is 6. The standard InChI is InChI=1S/C16H20N4O2/c1-19(2)15(11-5-6-11)10-18-14-8-7-13-12(4-3-9-17-13)16(14)20(21)22/h3-4,7-9,11,15,18H,5-6,10H2,1-2H3. The quantitative estimate of drug-likeness (QED) is 0.656. The van der Waals surface area contributed by atoms with Crippen molar-refractivity contribution >= 4 is 22.3 Å². The van der Waals surface area contributed by atoms with Gasteiger partial charge in [0.05, 0.1) is 15.8 Å². The lowest BCUT2D eigenvalue weighted by molar-refractivity contribution is -0.382. The summed E-state index contributed by atoms with van der Waals surface area (Å²) < 4.78 is 0. The van der Waals surface area contributed by atoms with Crippen molar-refractivity contribution in [3.8, 4) is 0 Å². The van der Waals surface area contributed by atoms with Gasteiger partial charge in [-0.15, -0.1) is 0 Å². The molecule has 1 aromatic carbocycles. The van der Waals surface area contributed by atoms with Crippen LogP contribution < -0.4 is 5.32 Å². The molecule has 3 rings (SSSR count). The number of hydrogen-bond acceptors (Lipinski definition) is 5. The molecule has 0 amide bonds. The number of nitro groups is 1. The van der Waals surface area contributed by atoms with Crippen molar-refractivity contribution in [2.75, 3.05) is 26.0 Å². The van der Waals surface area contributed by atoms with E-state index in [-0.39, 0.29) is 10.6 Å². The lowest BCUT2D eigenvalue weighted by Crippen LogP contribution is -2.36. The highest BCUT2D eigenvalue weighted by atomic mass is 16.6. The van der Waals surface area contributed by atoms with Gasteiger partial charge in [-0.2, -0.15) is 0 Å². The van der Waals surface area contributed by atoms with Gasteiger partial charge in [0.1, 0.15) is 5.69 Å². The molecule has 22 heavy (non-hydrogen) atoms. The number of likely N-dealkylation sites (N-methyl/N-ethyl adjacent to an activating group) is 1. The van der Waals surface area contributed by atoms with Gasteiger partial charge in [0.2, 0.25) is 0 Å². The third-order valence-electron chi connectivity index (χ3n) is 4.27. The lowest BCUT2D eigenvalue weighted by atomic mass is 10.1. The Kier molecular flexibility index (Phi) is 3.94. The summed E-state index contributed by atoms with van der Waals surface area (Å²) in [4.78, 5) is 17.5. The highest BCUT2D eigenvalue weighted by Crippen LogP contribution is 2.36. The maximum absolute atomic E-state index is 11.5. The van der Waals surface area contributed by atoms with Crippen molar-refractivity contribution in [2.24, 2.45) is 5.92 Å². The van der Waals surface area contributed by atoms with Crippen LogP contribution in [0.25, 0.3) is 10.9 Å². The molecule has 0 saturated heterocycles. The SMILES string of the molecule is CN(C)C(CNc1ccc2ncccc2c1[N+](=O)[O-])C1CC1. The highest BCUT2D eigenvalue weighted by molar-refractivity contribution is 5.94. The van der Waals surface area contributed by atoms with Gasteiger partial charge >= 0.3 is 5.69 Å². The molecule has 0 radical (unpaired) electrons. The second-order valence-corrected chi connectivity index (χ2v) is 6.04. The number of nitrogens with one attached hydrogen (secondary N) is 1. The van der Waals surface area contributed by atoms with E-state index in [9.17, 15) is 10.1 Å². The van der Waals surface area contributed by atoms with Crippen molar-refractivity contribution in [1.29, 1.82) is 0 Å². The maximum Gasteiger partial charge on any atom is 0.301 e. The number of nitrogens with zero attached hydrogens (tertiary/aromatic N) is 3. The zero-order valence-electron chi connectivity index (χ0n) is 12.8. The molecule has 0 aliphatic heterocycles. The van der Waals surface area contributed by atoms with Gasteiger partial charge in [0.25, 0.3) is 0 Å². The predicted molar refractivity (Wildman–Crippen MR) is 87.1 cm³/mol. The molecular weight excluding hydrogens is 280 g/mol. The minimum Gasteiger partial charge on any atom is -0.378 e. The molecule has 1 aromatic heterocycles. The Labute approximate surface area is 129 Å². The number of fused-ring (bicyclic) bond motifs is 1. The van der Waals surface area contributed by atoms with Crippen LogP contribution >= 0.6 is 0 Å². The van der Waals surface area contributed by atoms with E-state index < -0.39 is 0 Å². The van der Waals surface area contributed by atoms with Gasteiger partial charge in [-0.05, 0) is 57.1 Å². The molecule has 116 valence electrons. The average molecular weight is 300 g/mol. The number of benzene rings is 1. The zero-order valence-corrected chi connectivity index (χ0v) is 12.8. The van der Waals surface area contributed by atoms with Crippen molar-refractivity contribution in [2.45, 2.75) is 18.9 Å². The molecular formula is C16H20N4O2. The first kappa shape index (κ1) is 14.7. The van der Waals surface area contributed by atoms with E-state index in [1.807, 2.05) is 6.07 Å². The first-order valence-electron chi connectivity index (χ1n) is 7.50. The van der Waals surface area contributed by atoms with Crippen LogP contribution in [0.3, 0.4) is 0 Å². The van der Waals surface area contributed by atoms with Crippen LogP contribution in [0.2, 0.25) is 0 Å². The fraction of sp³-hybridized carbons (Fsp3) is 0.438. The Morgan fingerprint density at radius 2 is 2.18 bits per heavy atom. The Hall–Kier alpha value is -2.21. The summed E-state index contributed by atoms with van der Waals surface area (Å²) in [5, 5.41) is 15.3. The van der Waals surface area contributed by atoms with E-state index >= 15 is 0 Å². The summed E-state index contributed by atoms with van der Waals surface area (Å²) >= 11 is 0. The Balaban J connectivity index is 1.89. The third-order valence-corrected chi connectivity index (χ3v) is 4.27. The fourth-order valence-electron chi connectivity index (χ4n) is 2.94. The number of aromatic nitrogens is 1. The van der Waals surface area contributed by atoms with E-state index in [1.165, 1.54) is 12.8 Å². The monoisotopic (exact) mass is 300 g/mol. The molecule has 2 aromatic rings. The summed E-state index contributed by atoms with van der Waals surface area (Å²) in [5.41, 5.74) is 1.32. The summed E-state index contributed by atoms with van der Waals surface area (Å²) in [6, 6.07) is 7.46. The Morgan fingerprint density at radius 3 is 2.82 bits per heavy atom.